The molecule has 6 heteroatoms. The minimum absolute atomic E-state index is 0.103. The van der Waals surface area contributed by atoms with Crippen LogP contribution in [-0.4, -0.2) is 42.6 Å². The second kappa shape index (κ2) is 14.9. The Morgan fingerprint density at radius 2 is 1.77 bits per heavy atom. The van der Waals surface area contributed by atoms with Crippen LogP contribution >= 0.6 is 0 Å². The van der Waals surface area contributed by atoms with Crippen molar-refractivity contribution in [3.8, 4) is 0 Å². The fourth-order valence-electron chi connectivity index (χ4n) is 5.27. The Hall–Kier alpha value is -2.34. The molecule has 2 heterocycles. The average Bonchev–Trinajstić information content (AvgIpc) is 3.29. The highest BCUT2D eigenvalue weighted by molar-refractivity contribution is 5.88. The zero-order valence-corrected chi connectivity index (χ0v) is 21.7. The average molecular weight is 484 g/mol. The molecule has 1 aliphatic heterocycles. The monoisotopic (exact) mass is 483 g/mol. The van der Waals surface area contributed by atoms with Crippen LogP contribution in [0.15, 0.2) is 30.3 Å². The maximum absolute atomic E-state index is 13.1. The summed E-state index contributed by atoms with van der Waals surface area (Å²) in [5, 5.41) is 7.41. The molecule has 1 saturated heterocycles. The first-order valence-electron chi connectivity index (χ1n) is 13.8. The zero-order valence-electron chi connectivity index (χ0n) is 21.7. The molecular formula is C29H45N3O3. The molecule has 1 aromatic carbocycles. The quantitative estimate of drug-likeness (QED) is 0.226. The van der Waals surface area contributed by atoms with Crippen LogP contribution in [0.4, 0.5) is 0 Å². The third-order valence-corrected chi connectivity index (χ3v) is 7.36. The van der Waals surface area contributed by atoms with Gasteiger partial charge in [-0.2, -0.15) is 0 Å². The van der Waals surface area contributed by atoms with Gasteiger partial charge >= 0.3 is 5.97 Å². The molecule has 0 unspecified atom stereocenters. The Morgan fingerprint density at radius 3 is 2.49 bits per heavy atom. The predicted octanol–water partition coefficient (Wildman–Crippen LogP) is 5.66. The molecule has 1 amide bonds. The van der Waals surface area contributed by atoms with Gasteiger partial charge in [0, 0.05) is 17.6 Å². The lowest BCUT2D eigenvalue weighted by Crippen LogP contribution is -2.53. The van der Waals surface area contributed by atoms with Gasteiger partial charge < -0.3 is 20.4 Å². The minimum atomic E-state index is -0.708. The Balaban J connectivity index is 1.42. The molecule has 0 bridgehead atoms. The molecule has 1 aliphatic rings. The van der Waals surface area contributed by atoms with Crippen LogP contribution in [-0.2, 0) is 20.7 Å². The van der Waals surface area contributed by atoms with Gasteiger partial charge in [0.25, 0.3) is 0 Å². The Kier molecular flexibility index (Phi) is 11.6. The Morgan fingerprint density at radius 1 is 1.06 bits per heavy atom. The number of carbonyl (C=O) groups is 2. The molecule has 6 nitrogen and oxygen atoms in total. The number of aromatic nitrogens is 1. The molecule has 3 atom stereocenters. The molecular weight excluding hydrogens is 438 g/mol. The van der Waals surface area contributed by atoms with E-state index in [-0.39, 0.29) is 11.9 Å². The molecule has 0 radical (unpaired) electrons. The summed E-state index contributed by atoms with van der Waals surface area (Å²) < 4.78 is 4.99. The second-order valence-electron chi connectivity index (χ2n) is 10.2. The molecule has 1 aromatic heterocycles. The smallest absolute Gasteiger partial charge is 0.328 e. The largest absolute Gasteiger partial charge is 0.467 e. The van der Waals surface area contributed by atoms with E-state index in [0.29, 0.717) is 12.3 Å². The summed E-state index contributed by atoms with van der Waals surface area (Å²) in [5.41, 5.74) is 1.92. The molecule has 35 heavy (non-hydrogen) atoms. The molecule has 0 spiro atoms. The van der Waals surface area contributed by atoms with E-state index in [9.17, 15) is 9.59 Å². The summed E-state index contributed by atoms with van der Waals surface area (Å²) in [4.78, 5) is 28.9. The lowest BCUT2D eigenvalue weighted by atomic mass is 9.87. The number of hydrogen-bond donors (Lipinski definition) is 3. The highest BCUT2D eigenvalue weighted by atomic mass is 16.5. The molecule has 0 saturated carbocycles. The van der Waals surface area contributed by atoms with Crippen molar-refractivity contribution in [3.05, 3.63) is 36.0 Å². The van der Waals surface area contributed by atoms with E-state index in [1.807, 2.05) is 30.3 Å². The van der Waals surface area contributed by atoms with E-state index in [1.54, 1.807) is 0 Å². The summed E-state index contributed by atoms with van der Waals surface area (Å²) in [7, 11) is 1.37. The van der Waals surface area contributed by atoms with Gasteiger partial charge in [-0.3, -0.25) is 4.79 Å². The van der Waals surface area contributed by atoms with Crippen LogP contribution in [0, 0.1) is 5.92 Å². The Bertz CT molecular complexity index is 876. The number of rotatable bonds is 15. The van der Waals surface area contributed by atoms with E-state index in [0.717, 1.165) is 36.0 Å². The van der Waals surface area contributed by atoms with Crippen molar-refractivity contribution in [1.29, 1.82) is 0 Å². The van der Waals surface area contributed by atoms with E-state index in [2.05, 4.69) is 22.5 Å². The summed E-state index contributed by atoms with van der Waals surface area (Å²) in [6.45, 7) is 3.11. The number of esters is 1. The van der Waals surface area contributed by atoms with E-state index >= 15 is 0 Å². The molecule has 194 valence electrons. The maximum atomic E-state index is 13.1. The van der Waals surface area contributed by atoms with Crippen molar-refractivity contribution in [2.75, 3.05) is 13.7 Å². The highest BCUT2D eigenvalue weighted by Gasteiger charge is 2.30. The van der Waals surface area contributed by atoms with Gasteiger partial charge in [-0.05, 0) is 42.8 Å². The SMILES string of the molecule is CCCCCCCCCCC[C@@H]1CCN[C@H](C(=O)N[C@@H](Cc2cc3ccccc3[nH]2)C(=O)OC)C1. The van der Waals surface area contributed by atoms with Crippen molar-refractivity contribution in [1.82, 2.24) is 15.6 Å². The van der Waals surface area contributed by atoms with Gasteiger partial charge in [0.05, 0.1) is 13.2 Å². The van der Waals surface area contributed by atoms with Crippen LogP contribution in [0.25, 0.3) is 10.9 Å². The summed E-state index contributed by atoms with van der Waals surface area (Å²) in [5.74, 6) is 0.0502. The number of amides is 1. The van der Waals surface area contributed by atoms with Crippen LogP contribution in [0.2, 0.25) is 0 Å². The van der Waals surface area contributed by atoms with Gasteiger partial charge in [-0.1, -0.05) is 89.3 Å². The van der Waals surface area contributed by atoms with Crippen LogP contribution in [0.5, 0.6) is 0 Å². The van der Waals surface area contributed by atoms with Crippen LogP contribution in [0.1, 0.15) is 89.7 Å². The fourth-order valence-corrected chi connectivity index (χ4v) is 5.27. The zero-order chi connectivity index (χ0) is 24.9. The van der Waals surface area contributed by atoms with Crippen molar-refractivity contribution < 1.29 is 14.3 Å². The normalized spacial score (nSPS) is 18.9. The number of fused-ring (bicyclic) bond motifs is 1. The van der Waals surface area contributed by atoms with Gasteiger partial charge in [-0.15, -0.1) is 0 Å². The topological polar surface area (TPSA) is 83.2 Å². The van der Waals surface area contributed by atoms with Gasteiger partial charge in [0.1, 0.15) is 6.04 Å². The number of piperidine rings is 1. The van der Waals surface area contributed by atoms with Gasteiger partial charge in [-0.25, -0.2) is 4.79 Å². The van der Waals surface area contributed by atoms with Gasteiger partial charge in [0.15, 0.2) is 0 Å². The molecule has 2 aromatic rings. The number of unbranched alkanes of at least 4 members (excludes halogenated alkanes) is 8. The third kappa shape index (κ3) is 8.99. The number of methoxy groups -OCH3 is 1. The highest BCUT2D eigenvalue weighted by Crippen LogP contribution is 2.24. The fraction of sp³-hybridized carbons (Fsp3) is 0.655. The number of aromatic amines is 1. The first-order valence-corrected chi connectivity index (χ1v) is 13.8. The lowest BCUT2D eigenvalue weighted by molar-refractivity contribution is -0.145. The summed E-state index contributed by atoms with van der Waals surface area (Å²) in [6, 6.07) is 9.06. The standard InChI is InChI=1S/C29H45N3O3/c1-3-4-5-6-7-8-9-10-11-14-22-17-18-30-26(19-22)28(33)32-27(29(34)35-2)21-24-20-23-15-12-13-16-25(23)31-24/h12-13,15-16,20,22,26-27,30-31H,3-11,14,17-19,21H2,1-2H3,(H,32,33)/t22-,26+,27+/m1/s1. The summed E-state index contributed by atoms with van der Waals surface area (Å²) in [6.07, 6.45) is 15.6. The number of benzene rings is 1. The lowest BCUT2D eigenvalue weighted by Gasteiger charge is -2.30. The van der Waals surface area contributed by atoms with E-state index in [4.69, 9.17) is 4.74 Å². The number of hydrogen-bond acceptors (Lipinski definition) is 4. The Labute approximate surface area is 211 Å². The molecule has 1 fully saturated rings. The van der Waals surface area contributed by atoms with Gasteiger partial charge in [0.2, 0.25) is 5.91 Å². The van der Waals surface area contributed by atoms with Crippen LogP contribution < -0.4 is 10.6 Å². The van der Waals surface area contributed by atoms with Crippen molar-refractivity contribution in [3.63, 3.8) is 0 Å². The second-order valence-corrected chi connectivity index (χ2v) is 10.2. The number of carbonyl (C=O) groups excluding carboxylic acids is 2. The number of ether oxygens (including phenoxy) is 1. The molecule has 0 aliphatic carbocycles. The maximum Gasteiger partial charge on any atom is 0.328 e. The number of nitrogens with one attached hydrogen (secondary N) is 3. The summed E-state index contributed by atoms with van der Waals surface area (Å²) >= 11 is 0. The molecule has 3 rings (SSSR count). The minimum Gasteiger partial charge on any atom is -0.467 e. The predicted molar refractivity (Wildman–Crippen MR) is 142 cm³/mol. The van der Waals surface area contributed by atoms with E-state index in [1.165, 1.54) is 71.3 Å². The van der Waals surface area contributed by atoms with Crippen molar-refractivity contribution in [2.45, 2.75) is 102 Å². The molecule has 3 N–H and O–H groups in total. The number of para-hydroxylation sites is 1. The third-order valence-electron chi connectivity index (χ3n) is 7.36. The van der Waals surface area contributed by atoms with Crippen molar-refractivity contribution in [2.24, 2.45) is 5.92 Å². The van der Waals surface area contributed by atoms with E-state index < -0.39 is 12.0 Å². The van der Waals surface area contributed by atoms with Crippen molar-refractivity contribution >= 4 is 22.8 Å². The first-order chi connectivity index (χ1) is 17.1. The van der Waals surface area contributed by atoms with Crippen LogP contribution in [0.3, 0.4) is 0 Å². The first kappa shape index (κ1) is 27.3. The number of H-pyrrole nitrogens is 1.